The lowest BCUT2D eigenvalue weighted by molar-refractivity contribution is -0.384. The van der Waals surface area contributed by atoms with Crippen molar-refractivity contribution in [3.8, 4) is 11.5 Å². The molecule has 4 fully saturated rings. The van der Waals surface area contributed by atoms with Crippen molar-refractivity contribution in [2.75, 3.05) is 118 Å². The average molecular weight is 1780 g/mol. The van der Waals surface area contributed by atoms with E-state index in [0.717, 1.165) is 80.6 Å². The Kier molecular flexibility index (Phi) is 30.0. The molecule has 2 atom stereocenters. The van der Waals surface area contributed by atoms with Gasteiger partial charge in [-0.05, 0) is 141 Å². The van der Waals surface area contributed by atoms with Crippen molar-refractivity contribution < 1.29 is 46.7 Å². The average Bonchev–Trinajstić information content (AvgIpc) is 1.18. The molecular weight excluding hydrogens is 1680 g/mol. The molecular formula is C91H95ClF3N17O8S4. The molecule has 0 saturated carbocycles. The topological polar surface area (TPSA) is 259 Å². The van der Waals surface area contributed by atoms with E-state index < -0.39 is 10.7 Å². The summed E-state index contributed by atoms with van der Waals surface area (Å²) in [6.07, 6.45) is 8.71. The van der Waals surface area contributed by atoms with E-state index in [-0.39, 0.29) is 76.0 Å². The van der Waals surface area contributed by atoms with Gasteiger partial charge in [0.25, 0.3) is 29.3 Å². The first-order valence-corrected chi connectivity index (χ1v) is 44.9. The number of amides is 4. The van der Waals surface area contributed by atoms with E-state index in [1.165, 1.54) is 154 Å². The summed E-state index contributed by atoms with van der Waals surface area (Å²) in [6.45, 7) is 19.6. The molecule has 644 valence electrons. The molecule has 0 N–H and O–H groups in total. The highest BCUT2D eigenvalue weighted by Crippen LogP contribution is 2.35. The number of piperazine rings is 4. The molecule has 25 nitrogen and oxygen atoms in total. The van der Waals surface area contributed by atoms with Crippen LogP contribution in [0.2, 0.25) is 5.02 Å². The molecule has 17 rings (SSSR count). The number of aryl methyl sites for hydroxylation is 3. The third kappa shape index (κ3) is 23.3. The summed E-state index contributed by atoms with van der Waals surface area (Å²) < 4.78 is 68.7. The Morgan fingerprint density at radius 2 is 0.863 bits per heavy atom. The number of anilines is 4. The summed E-state index contributed by atoms with van der Waals surface area (Å²) >= 11 is 11.6. The molecule has 0 bridgehead atoms. The second-order valence-electron chi connectivity index (χ2n) is 31.0. The third-order valence-electron chi connectivity index (χ3n) is 22.0. The molecule has 9 heterocycles. The molecule has 0 aliphatic carbocycles. The summed E-state index contributed by atoms with van der Waals surface area (Å²) in [5, 5.41) is 14.4. The van der Waals surface area contributed by atoms with Gasteiger partial charge < -0.3 is 48.7 Å². The zero-order valence-electron chi connectivity index (χ0n) is 69.5. The number of hydrogen-bond donors (Lipinski definition) is 0. The van der Waals surface area contributed by atoms with Gasteiger partial charge in [-0.1, -0.05) is 146 Å². The minimum absolute atomic E-state index is 0.0142. The Balaban J connectivity index is 0.000000135. The monoisotopic (exact) mass is 1770 g/mol. The van der Waals surface area contributed by atoms with Crippen LogP contribution in [0.5, 0.6) is 11.5 Å². The minimum atomic E-state index is -0.548. The van der Waals surface area contributed by atoms with Crippen LogP contribution in [0.15, 0.2) is 182 Å². The second kappa shape index (κ2) is 42.0. The fourth-order valence-electron chi connectivity index (χ4n) is 14.9. The number of nitro benzene ring substituents is 1. The number of non-ortho nitro benzene ring substituents is 1. The smallest absolute Gasteiger partial charge is 0.270 e. The van der Waals surface area contributed by atoms with Crippen molar-refractivity contribution in [2.45, 2.75) is 104 Å². The van der Waals surface area contributed by atoms with Crippen LogP contribution in [-0.2, 0) is 32.1 Å². The first-order chi connectivity index (χ1) is 60.1. The predicted molar refractivity (Wildman–Crippen MR) is 479 cm³/mol. The van der Waals surface area contributed by atoms with Crippen LogP contribution in [0.25, 0.3) is 0 Å². The highest BCUT2D eigenvalue weighted by atomic mass is 35.5. The van der Waals surface area contributed by atoms with Crippen molar-refractivity contribution >= 4 is 108 Å². The van der Waals surface area contributed by atoms with Crippen molar-refractivity contribution in [1.82, 2.24) is 57.0 Å². The van der Waals surface area contributed by atoms with E-state index in [0.29, 0.717) is 121 Å². The summed E-state index contributed by atoms with van der Waals surface area (Å²) in [6, 6.07) is 53.0. The fourth-order valence-corrected chi connectivity index (χ4v) is 18.1. The van der Waals surface area contributed by atoms with Crippen LogP contribution in [0.1, 0.15) is 150 Å². The van der Waals surface area contributed by atoms with Crippen LogP contribution in [-0.4, -0.2) is 196 Å². The summed E-state index contributed by atoms with van der Waals surface area (Å²) in [7, 11) is 0. The van der Waals surface area contributed by atoms with Crippen LogP contribution in [0, 0.1) is 41.4 Å². The maximum atomic E-state index is 13.9. The number of ether oxygens (including phenoxy) is 2. The van der Waals surface area contributed by atoms with Gasteiger partial charge in [0, 0.05) is 199 Å². The van der Waals surface area contributed by atoms with Gasteiger partial charge in [0.15, 0.2) is 11.5 Å². The Bertz CT molecular complexity index is 5620. The fraction of sp³-hybridized carbons (Fsp3) is 0.341. The molecule has 5 aliphatic rings. The maximum Gasteiger partial charge on any atom is 0.270 e. The van der Waals surface area contributed by atoms with Crippen molar-refractivity contribution in [2.24, 2.45) is 0 Å². The Morgan fingerprint density at radius 1 is 0.444 bits per heavy atom. The number of rotatable bonds is 22. The number of fused-ring (bicyclic) bond motifs is 1. The molecule has 0 radical (unpaired) electrons. The van der Waals surface area contributed by atoms with Crippen molar-refractivity contribution in [3.63, 3.8) is 0 Å². The zero-order valence-corrected chi connectivity index (χ0v) is 73.5. The number of nitro groups is 1. The SMILES string of the molecule is CC1CN(c2nc(Cc3ccc(F)cc3)ns2)CCN1C(=O)c1ccc([N+](=O)[O-])cc1Cl.CC1CN(c2nc(Cc3ccc(F)cc3)ns2)CCN1C(=O)c1ccc2c(c1)OCO2.CCCCCCc1ccc(C(=O)N2CCN(c3nc(Cc4ccc(C)cc4)ns3)CC2)cc1.Cc1ccc(Cc2nsc(N3CCN(C(=O)c4ccccc4F)CC3)n2)cc1. The number of benzene rings is 8. The minimum Gasteiger partial charge on any atom is -0.454 e. The number of unbranched alkanes of at least 4 members (excludes halogenated alkanes) is 3. The molecule has 4 amide bonds. The molecule has 12 aromatic rings. The van der Waals surface area contributed by atoms with Crippen molar-refractivity contribution in [1.29, 1.82) is 0 Å². The van der Waals surface area contributed by atoms with Gasteiger partial charge in [0.05, 0.1) is 21.1 Å². The molecule has 124 heavy (non-hydrogen) atoms. The molecule has 4 saturated heterocycles. The summed E-state index contributed by atoms with van der Waals surface area (Å²) in [5.74, 6) is 2.95. The maximum absolute atomic E-state index is 13.9. The van der Waals surface area contributed by atoms with Gasteiger partial charge in [-0.3, -0.25) is 29.3 Å². The Morgan fingerprint density at radius 3 is 1.31 bits per heavy atom. The van der Waals surface area contributed by atoms with Crippen LogP contribution >= 0.6 is 57.7 Å². The number of hydrogen-bond acceptors (Lipinski definition) is 24. The molecule has 33 heteroatoms. The standard InChI is InChI=1S/C27H34N4OS.C22H21FN4O3S.C21H19ClFN5O3S.C21H21FN4OS/c1-3-4-5-6-7-22-12-14-24(15-13-22)26(32)30-16-18-31(19-17-30)27-28-25(29-33-27)20-23-10-8-21(2)9-11-23;1-14-12-26(22-24-20(25-31-22)10-15-2-5-17(23)6-3-15)8-9-27(14)21(28)16-4-7-18-19(11-16)30-13-29-18;1-13-12-26(21-24-19(25-32-21)10-14-2-4-15(23)5-3-14)8-9-27(13)20(29)17-7-6-16(28(30)31)11-18(17)22;1-15-6-8-16(9-7-15)14-19-23-21(28-24-19)26-12-10-25(11-13-26)20(27)17-4-2-3-5-18(17)22/h8-15H,3-7,16-20H2,1-2H3;2-7,11,14H,8-10,12-13H2,1H3;2-7,11,13H,8-10,12H2,1H3;2-9H,10-14H2,1H3. The van der Waals surface area contributed by atoms with Crippen LogP contribution in [0.3, 0.4) is 0 Å². The normalized spacial score (nSPS) is 15.6. The molecule has 4 aromatic heterocycles. The van der Waals surface area contributed by atoms with E-state index in [1.807, 2.05) is 35.8 Å². The number of carbonyl (C=O) groups excluding carboxylic acids is 4. The highest BCUT2D eigenvalue weighted by molar-refractivity contribution is 7.10. The van der Waals surface area contributed by atoms with Gasteiger partial charge in [0.2, 0.25) is 27.3 Å². The first-order valence-electron chi connectivity index (χ1n) is 41.4. The quantitative estimate of drug-likeness (QED) is 0.0347. The highest BCUT2D eigenvalue weighted by Gasteiger charge is 2.34. The Hall–Kier alpha value is -11.8. The van der Waals surface area contributed by atoms with E-state index >= 15 is 0 Å². The third-order valence-corrected chi connectivity index (χ3v) is 25.5. The number of aromatic nitrogens is 8. The number of nitrogens with zero attached hydrogens (tertiary/aromatic N) is 17. The van der Waals surface area contributed by atoms with E-state index in [1.54, 1.807) is 64.4 Å². The Labute approximate surface area is 739 Å². The van der Waals surface area contributed by atoms with E-state index in [4.69, 9.17) is 26.1 Å². The van der Waals surface area contributed by atoms with Gasteiger partial charge >= 0.3 is 0 Å². The second-order valence-corrected chi connectivity index (χ2v) is 34.4. The van der Waals surface area contributed by atoms with Crippen molar-refractivity contribution in [3.05, 3.63) is 299 Å². The largest absolute Gasteiger partial charge is 0.454 e. The number of halogens is 4. The number of carbonyl (C=O) groups is 4. The predicted octanol–water partition coefficient (Wildman–Crippen LogP) is 16.6. The lowest BCUT2D eigenvalue weighted by Gasteiger charge is -2.39. The van der Waals surface area contributed by atoms with Gasteiger partial charge in [0.1, 0.15) is 40.7 Å². The lowest BCUT2D eigenvalue weighted by atomic mass is 10.0. The summed E-state index contributed by atoms with van der Waals surface area (Å²) in [5.41, 5.74) is 9.75. The molecule has 8 aromatic carbocycles. The van der Waals surface area contributed by atoms with E-state index in [9.17, 15) is 42.5 Å². The molecule has 5 aliphatic heterocycles. The van der Waals surface area contributed by atoms with Crippen LogP contribution < -0.4 is 29.1 Å². The first kappa shape index (κ1) is 88.5. The molecule has 2 unspecified atom stereocenters. The van der Waals surface area contributed by atoms with Gasteiger partial charge in [-0.25, -0.2) is 33.1 Å². The van der Waals surface area contributed by atoms with E-state index in [2.05, 4.69) is 133 Å². The lowest BCUT2D eigenvalue weighted by Crippen LogP contribution is -2.54. The zero-order chi connectivity index (χ0) is 86.8. The summed E-state index contributed by atoms with van der Waals surface area (Å²) in [4.78, 5) is 96.5. The molecule has 0 spiro atoms. The van der Waals surface area contributed by atoms with Crippen LogP contribution in [0.4, 0.5) is 39.4 Å². The van der Waals surface area contributed by atoms with Gasteiger partial charge in [-0.15, -0.1) is 0 Å². The van der Waals surface area contributed by atoms with Gasteiger partial charge in [-0.2, -0.15) is 17.5 Å².